The molecule has 1 amide bonds. The molecule has 0 radical (unpaired) electrons. The van der Waals surface area contributed by atoms with Gasteiger partial charge in [0.25, 0.3) is 5.91 Å². The summed E-state index contributed by atoms with van der Waals surface area (Å²) in [5, 5.41) is 4.17. The van der Waals surface area contributed by atoms with Crippen molar-refractivity contribution in [3.8, 4) is 5.75 Å². The minimum absolute atomic E-state index is 0.120. The van der Waals surface area contributed by atoms with Gasteiger partial charge in [0.05, 0.1) is 5.02 Å². The molecule has 2 rings (SSSR count). The number of halogens is 2. The Hall–Kier alpha value is -1.36. The molecule has 2 aromatic rings. The molecule has 0 unspecified atom stereocenters. The van der Waals surface area contributed by atoms with Crippen LogP contribution in [0.4, 0.5) is 0 Å². The van der Waals surface area contributed by atoms with Gasteiger partial charge >= 0.3 is 0 Å². The molecule has 0 aliphatic carbocycles. The molecule has 0 aliphatic rings. The Balaban J connectivity index is 1.72. The number of benzene rings is 2. The van der Waals surface area contributed by atoms with Gasteiger partial charge in [0, 0.05) is 23.1 Å². The lowest BCUT2D eigenvalue weighted by Gasteiger charge is -2.18. The van der Waals surface area contributed by atoms with Crippen molar-refractivity contribution in [2.24, 2.45) is 0 Å². The van der Waals surface area contributed by atoms with Crippen LogP contribution in [0.5, 0.6) is 5.75 Å². The second kappa shape index (κ2) is 10.6. The normalized spacial score (nSPS) is 11.8. The van der Waals surface area contributed by atoms with E-state index < -0.39 is 6.10 Å². The average molecular weight is 398 g/mol. The van der Waals surface area contributed by atoms with E-state index in [1.165, 1.54) is 5.56 Å². The summed E-state index contributed by atoms with van der Waals surface area (Å²) in [6, 6.07) is 15.0. The van der Waals surface area contributed by atoms with Crippen molar-refractivity contribution in [3.63, 3.8) is 0 Å². The smallest absolute Gasteiger partial charge is 0.261 e. The average Bonchev–Trinajstić information content (AvgIpc) is 2.60. The summed E-state index contributed by atoms with van der Waals surface area (Å²) < 4.78 is 5.73. The summed E-state index contributed by atoms with van der Waals surface area (Å²) in [5.74, 6) is 2.09. The van der Waals surface area contributed by atoms with Gasteiger partial charge in [-0.25, -0.2) is 0 Å². The standard InChI is InChI=1S/C19H21Cl2NO2S/c1-2-17(24-18-9-4-3-8-16(18)21)19(23)22-10-11-25-13-14-6-5-7-15(20)12-14/h3-9,12,17H,2,10-11,13H2,1H3,(H,22,23)/t17-/m0/s1. The zero-order valence-corrected chi connectivity index (χ0v) is 16.3. The Kier molecular flexibility index (Phi) is 8.45. The maximum absolute atomic E-state index is 12.3. The molecular weight excluding hydrogens is 377 g/mol. The van der Waals surface area contributed by atoms with Crippen molar-refractivity contribution in [1.82, 2.24) is 5.32 Å². The van der Waals surface area contributed by atoms with Crippen LogP contribution in [0, 0.1) is 0 Å². The molecule has 25 heavy (non-hydrogen) atoms. The predicted molar refractivity (Wildman–Crippen MR) is 107 cm³/mol. The van der Waals surface area contributed by atoms with Crippen LogP contribution in [-0.4, -0.2) is 24.3 Å². The zero-order chi connectivity index (χ0) is 18.1. The fraction of sp³-hybridized carbons (Fsp3) is 0.316. The van der Waals surface area contributed by atoms with Gasteiger partial charge in [-0.3, -0.25) is 4.79 Å². The van der Waals surface area contributed by atoms with Crippen LogP contribution in [0.15, 0.2) is 48.5 Å². The maximum Gasteiger partial charge on any atom is 0.261 e. The van der Waals surface area contributed by atoms with Crippen molar-refractivity contribution < 1.29 is 9.53 Å². The van der Waals surface area contributed by atoms with E-state index in [0.717, 1.165) is 16.5 Å². The predicted octanol–water partition coefficient (Wildman–Crippen LogP) is 5.20. The monoisotopic (exact) mass is 397 g/mol. The van der Waals surface area contributed by atoms with Crippen LogP contribution in [0.25, 0.3) is 0 Å². The van der Waals surface area contributed by atoms with Crippen LogP contribution >= 0.6 is 35.0 Å². The van der Waals surface area contributed by atoms with E-state index in [9.17, 15) is 4.79 Å². The van der Waals surface area contributed by atoms with E-state index in [1.807, 2.05) is 43.3 Å². The van der Waals surface area contributed by atoms with Gasteiger partial charge in [-0.2, -0.15) is 11.8 Å². The minimum atomic E-state index is -0.544. The van der Waals surface area contributed by atoms with E-state index in [1.54, 1.807) is 23.9 Å². The highest BCUT2D eigenvalue weighted by Crippen LogP contribution is 2.24. The molecule has 3 nitrogen and oxygen atoms in total. The second-order valence-electron chi connectivity index (χ2n) is 5.42. The fourth-order valence-electron chi connectivity index (χ4n) is 2.19. The number of ether oxygens (including phenoxy) is 1. The highest BCUT2D eigenvalue weighted by atomic mass is 35.5. The Morgan fingerprint density at radius 2 is 2.00 bits per heavy atom. The lowest BCUT2D eigenvalue weighted by atomic mass is 10.2. The molecule has 1 N–H and O–H groups in total. The molecule has 0 heterocycles. The second-order valence-corrected chi connectivity index (χ2v) is 7.37. The van der Waals surface area contributed by atoms with Crippen molar-refractivity contribution >= 4 is 40.9 Å². The van der Waals surface area contributed by atoms with Crippen molar-refractivity contribution in [2.75, 3.05) is 12.3 Å². The first kappa shape index (κ1) is 20.0. The quantitative estimate of drug-likeness (QED) is 0.590. The summed E-state index contributed by atoms with van der Waals surface area (Å²) >= 11 is 13.8. The summed E-state index contributed by atoms with van der Waals surface area (Å²) in [6.07, 6.45) is 0.0324. The van der Waals surface area contributed by atoms with Gasteiger partial charge in [0.1, 0.15) is 5.75 Å². The molecule has 0 aromatic heterocycles. The Labute approximate surface area is 163 Å². The fourth-order valence-corrected chi connectivity index (χ4v) is 3.39. The molecule has 6 heteroatoms. The maximum atomic E-state index is 12.3. The van der Waals surface area contributed by atoms with Crippen LogP contribution < -0.4 is 10.1 Å². The van der Waals surface area contributed by atoms with E-state index in [2.05, 4.69) is 5.32 Å². The Morgan fingerprint density at radius 3 is 2.72 bits per heavy atom. The van der Waals surface area contributed by atoms with Gasteiger partial charge in [0.2, 0.25) is 0 Å². The summed E-state index contributed by atoms with van der Waals surface area (Å²) in [5.41, 5.74) is 1.18. The van der Waals surface area contributed by atoms with Gasteiger partial charge in [-0.15, -0.1) is 0 Å². The lowest BCUT2D eigenvalue weighted by molar-refractivity contribution is -0.127. The van der Waals surface area contributed by atoms with Crippen molar-refractivity contribution in [1.29, 1.82) is 0 Å². The first-order chi connectivity index (χ1) is 12.1. The van der Waals surface area contributed by atoms with Crippen molar-refractivity contribution in [2.45, 2.75) is 25.2 Å². The zero-order valence-electron chi connectivity index (χ0n) is 14.0. The molecule has 0 fully saturated rings. The molecule has 0 saturated heterocycles. The van der Waals surface area contributed by atoms with Gasteiger partial charge in [0.15, 0.2) is 6.10 Å². The van der Waals surface area contributed by atoms with Crippen LogP contribution in [-0.2, 0) is 10.5 Å². The number of carbonyl (C=O) groups is 1. The molecule has 0 bridgehead atoms. The van der Waals surface area contributed by atoms with Crippen LogP contribution in [0.1, 0.15) is 18.9 Å². The summed E-state index contributed by atoms with van der Waals surface area (Å²) in [6.45, 7) is 2.50. The third-order valence-corrected chi connectivity index (χ3v) is 5.05. The summed E-state index contributed by atoms with van der Waals surface area (Å²) in [4.78, 5) is 12.3. The lowest BCUT2D eigenvalue weighted by Crippen LogP contribution is -2.39. The largest absolute Gasteiger partial charge is 0.479 e. The number of para-hydroxylation sites is 1. The molecule has 2 aromatic carbocycles. The minimum Gasteiger partial charge on any atom is -0.479 e. The molecule has 134 valence electrons. The van der Waals surface area contributed by atoms with E-state index in [-0.39, 0.29) is 5.91 Å². The topological polar surface area (TPSA) is 38.3 Å². The number of thioether (sulfide) groups is 1. The number of hydrogen-bond acceptors (Lipinski definition) is 3. The number of carbonyl (C=O) groups excluding carboxylic acids is 1. The van der Waals surface area contributed by atoms with Crippen LogP contribution in [0.3, 0.4) is 0 Å². The SMILES string of the molecule is CC[C@H](Oc1ccccc1Cl)C(=O)NCCSCc1cccc(Cl)c1. The van der Waals surface area contributed by atoms with Gasteiger partial charge in [-0.05, 0) is 36.2 Å². The molecule has 1 atom stereocenters. The Morgan fingerprint density at radius 1 is 1.20 bits per heavy atom. The van der Waals surface area contributed by atoms with E-state index >= 15 is 0 Å². The third kappa shape index (κ3) is 6.81. The van der Waals surface area contributed by atoms with Gasteiger partial charge in [-0.1, -0.05) is 54.4 Å². The Bertz CT molecular complexity index is 697. The van der Waals surface area contributed by atoms with E-state index in [0.29, 0.717) is 23.7 Å². The number of rotatable bonds is 9. The molecular formula is C19H21Cl2NO2S. The van der Waals surface area contributed by atoms with Crippen molar-refractivity contribution in [3.05, 3.63) is 64.1 Å². The number of amides is 1. The number of nitrogens with one attached hydrogen (secondary N) is 1. The molecule has 0 saturated carbocycles. The third-order valence-electron chi connectivity index (χ3n) is 3.47. The van der Waals surface area contributed by atoms with Gasteiger partial charge < -0.3 is 10.1 Å². The molecule has 0 spiro atoms. The molecule has 0 aliphatic heterocycles. The highest BCUT2D eigenvalue weighted by molar-refractivity contribution is 7.98. The first-order valence-electron chi connectivity index (χ1n) is 8.11. The summed E-state index contributed by atoms with van der Waals surface area (Å²) in [7, 11) is 0. The first-order valence-corrected chi connectivity index (χ1v) is 10.0. The number of hydrogen-bond donors (Lipinski definition) is 1. The van der Waals surface area contributed by atoms with Crippen LogP contribution in [0.2, 0.25) is 10.0 Å². The van der Waals surface area contributed by atoms with E-state index in [4.69, 9.17) is 27.9 Å². The highest BCUT2D eigenvalue weighted by Gasteiger charge is 2.18.